The second kappa shape index (κ2) is 9.47. The van der Waals surface area contributed by atoms with Crippen molar-refractivity contribution in [1.29, 1.82) is 0 Å². The summed E-state index contributed by atoms with van der Waals surface area (Å²) in [5.41, 5.74) is -0.00302. The van der Waals surface area contributed by atoms with Gasteiger partial charge in [0.2, 0.25) is 0 Å². The molecule has 31 heavy (non-hydrogen) atoms. The largest absolute Gasteiger partial charge is 0.494 e. The number of carbonyl (C=O) groups is 1. The van der Waals surface area contributed by atoms with Gasteiger partial charge in [-0.2, -0.15) is 0 Å². The molecule has 0 saturated carbocycles. The van der Waals surface area contributed by atoms with Crippen LogP contribution in [0.25, 0.3) is 0 Å². The summed E-state index contributed by atoms with van der Waals surface area (Å²) in [4.78, 5) is 12.2. The number of benzene rings is 3. The van der Waals surface area contributed by atoms with E-state index in [-0.39, 0.29) is 26.9 Å². The van der Waals surface area contributed by atoms with Crippen molar-refractivity contribution < 1.29 is 22.7 Å². The molecular weight excluding hydrogens is 463 g/mol. The van der Waals surface area contributed by atoms with Gasteiger partial charge in [-0.15, -0.1) is 0 Å². The van der Waals surface area contributed by atoms with E-state index in [0.29, 0.717) is 16.5 Å². The molecule has 0 spiro atoms. The van der Waals surface area contributed by atoms with E-state index in [1.807, 2.05) is 0 Å². The lowest BCUT2D eigenvalue weighted by molar-refractivity contribution is 0.0963. The van der Waals surface area contributed by atoms with Crippen LogP contribution in [0.15, 0.2) is 65.6 Å². The zero-order valence-corrected chi connectivity index (χ0v) is 18.8. The number of hydrogen-bond donors (Lipinski definition) is 2. The highest BCUT2D eigenvalue weighted by Gasteiger charge is 2.23. The van der Waals surface area contributed by atoms with E-state index >= 15 is 0 Å². The van der Waals surface area contributed by atoms with Gasteiger partial charge in [0.1, 0.15) is 22.9 Å². The first-order valence-corrected chi connectivity index (χ1v) is 11.1. The minimum atomic E-state index is -4.06. The summed E-state index contributed by atoms with van der Waals surface area (Å²) in [7, 11) is -1.29. The predicted molar refractivity (Wildman–Crippen MR) is 120 cm³/mol. The number of ether oxygens (including phenoxy) is 2. The first-order chi connectivity index (χ1) is 14.7. The van der Waals surface area contributed by atoms with Crippen LogP contribution < -0.4 is 19.5 Å². The fraction of sp³-hybridized carbons (Fsp3) is 0.0952. The van der Waals surface area contributed by atoms with Gasteiger partial charge in [0.15, 0.2) is 0 Å². The number of sulfonamides is 1. The van der Waals surface area contributed by atoms with E-state index < -0.39 is 15.9 Å². The van der Waals surface area contributed by atoms with Crippen molar-refractivity contribution in [3.05, 3.63) is 76.3 Å². The first-order valence-electron chi connectivity index (χ1n) is 8.90. The Balaban J connectivity index is 1.91. The lowest BCUT2D eigenvalue weighted by Crippen LogP contribution is -2.22. The number of carbonyl (C=O) groups excluding carboxylic acids is 1. The summed E-state index contributed by atoms with van der Waals surface area (Å²) in [5, 5.41) is 3.10. The van der Waals surface area contributed by atoms with E-state index in [0.717, 1.165) is 0 Å². The van der Waals surface area contributed by atoms with Gasteiger partial charge in [-0.25, -0.2) is 8.42 Å². The van der Waals surface area contributed by atoms with Crippen molar-refractivity contribution in [3.8, 4) is 17.2 Å². The topological polar surface area (TPSA) is 93.7 Å². The predicted octanol–water partition coefficient (Wildman–Crippen LogP) is 4.95. The molecule has 0 saturated heterocycles. The van der Waals surface area contributed by atoms with Crippen LogP contribution in [0, 0.1) is 0 Å². The molecule has 3 rings (SSSR count). The maximum absolute atomic E-state index is 12.9. The number of halogens is 2. The summed E-state index contributed by atoms with van der Waals surface area (Å²) >= 11 is 12.1. The summed E-state index contributed by atoms with van der Waals surface area (Å²) in [6.45, 7) is 0. The van der Waals surface area contributed by atoms with Crippen molar-refractivity contribution >= 4 is 44.8 Å². The minimum Gasteiger partial charge on any atom is -0.494 e. The van der Waals surface area contributed by atoms with E-state index in [4.69, 9.17) is 32.7 Å². The zero-order chi connectivity index (χ0) is 22.6. The molecule has 2 N–H and O–H groups in total. The van der Waals surface area contributed by atoms with E-state index in [9.17, 15) is 13.2 Å². The van der Waals surface area contributed by atoms with Gasteiger partial charge in [0.05, 0.1) is 22.6 Å². The van der Waals surface area contributed by atoms with Crippen LogP contribution in [0.3, 0.4) is 0 Å². The van der Waals surface area contributed by atoms with Crippen molar-refractivity contribution in [3.63, 3.8) is 0 Å². The molecule has 3 aromatic rings. The second-order valence-electron chi connectivity index (χ2n) is 6.22. The van der Waals surface area contributed by atoms with E-state index in [2.05, 4.69) is 10.0 Å². The molecule has 0 aliphatic heterocycles. The molecule has 0 heterocycles. The number of methoxy groups -OCH3 is 1. The average molecular weight is 481 g/mol. The third-order valence-electron chi connectivity index (χ3n) is 4.19. The maximum atomic E-state index is 12.9. The van der Waals surface area contributed by atoms with Gasteiger partial charge in [0.25, 0.3) is 15.9 Å². The molecule has 0 unspecified atom stereocenters. The number of amides is 1. The molecule has 0 aromatic heterocycles. The van der Waals surface area contributed by atoms with E-state index in [1.54, 1.807) is 24.3 Å². The zero-order valence-electron chi connectivity index (χ0n) is 16.5. The van der Waals surface area contributed by atoms with Gasteiger partial charge in [-0.3, -0.25) is 9.52 Å². The van der Waals surface area contributed by atoms with Crippen molar-refractivity contribution in [2.75, 3.05) is 18.9 Å². The average Bonchev–Trinajstić information content (AvgIpc) is 2.76. The van der Waals surface area contributed by atoms with Crippen molar-refractivity contribution in [2.24, 2.45) is 0 Å². The molecule has 10 heteroatoms. The number of anilines is 1. The quantitative estimate of drug-likeness (QED) is 0.498. The monoisotopic (exact) mass is 480 g/mol. The fourth-order valence-electron chi connectivity index (χ4n) is 2.70. The third kappa shape index (κ3) is 5.22. The Morgan fingerprint density at radius 3 is 2.26 bits per heavy atom. The molecule has 0 bridgehead atoms. The summed E-state index contributed by atoms with van der Waals surface area (Å²) in [6, 6.07) is 15.4. The highest BCUT2D eigenvalue weighted by molar-refractivity contribution is 7.92. The molecule has 0 aliphatic carbocycles. The van der Waals surface area contributed by atoms with Crippen LogP contribution in [-0.2, 0) is 10.0 Å². The van der Waals surface area contributed by atoms with Crippen LogP contribution in [0.2, 0.25) is 10.0 Å². The molecule has 0 radical (unpaired) electrons. The Hall–Kier alpha value is -2.94. The Morgan fingerprint density at radius 2 is 1.65 bits per heavy atom. The SMILES string of the molecule is CNC(=O)c1cc(Cl)cc(OC)c1NS(=O)(=O)c1ccc(Oc2ccccc2Cl)cc1. The standard InChI is InChI=1S/C21H18Cl2N2O5S/c1-24-21(26)16-11-13(22)12-19(29-2)20(16)25-31(27,28)15-9-7-14(8-10-15)30-18-6-4-3-5-17(18)23/h3-12,25H,1-2H3,(H,24,26). The molecule has 0 atom stereocenters. The van der Waals surface area contributed by atoms with Gasteiger partial charge < -0.3 is 14.8 Å². The lowest BCUT2D eigenvalue weighted by atomic mass is 10.1. The van der Waals surface area contributed by atoms with E-state index in [1.165, 1.54) is 50.6 Å². The Bertz CT molecular complexity index is 1210. The Labute approximate surface area is 189 Å². The third-order valence-corrected chi connectivity index (χ3v) is 6.09. The van der Waals surface area contributed by atoms with Crippen LogP contribution in [0.5, 0.6) is 17.2 Å². The number of nitrogens with one attached hydrogen (secondary N) is 2. The second-order valence-corrected chi connectivity index (χ2v) is 8.75. The van der Waals surface area contributed by atoms with Gasteiger partial charge in [-0.1, -0.05) is 35.3 Å². The molecule has 0 aliphatic rings. The Kier molecular flexibility index (Phi) is 6.94. The number of rotatable bonds is 7. The summed E-state index contributed by atoms with van der Waals surface area (Å²) in [6.07, 6.45) is 0. The van der Waals surface area contributed by atoms with Gasteiger partial charge in [0, 0.05) is 18.1 Å². The van der Waals surface area contributed by atoms with Crippen LogP contribution in [-0.4, -0.2) is 28.5 Å². The maximum Gasteiger partial charge on any atom is 0.262 e. The summed E-state index contributed by atoms with van der Waals surface area (Å²) in [5.74, 6) is 0.427. The minimum absolute atomic E-state index is 0.0223. The van der Waals surface area contributed by atoms with Crippen LogP contribution >= 0.6 is 23.2 Å². The van der Waals surface area contributed by atoms with Crippen LogP contribution in [0.1, 0.15) is 10.4 Å². The normalized spacial score (nSPS) is 11.0. The van der Waals surface area contributed by atoms with Crippen molar-refractivity contribution in [1.82, 2.24) is 5.32 Å². The highest BCUT2D eigenvalue weighted by atomic mass is 35.5. The number of para-hydroxylation sites is 1. The fourth-order valence-corrected chi connectivity index (χ4v) is 4.17. The first kappa shape index (κ1) is 22.7. The molecule has 162 valence electrons. The molecular formula is C21H18Cl2N2O5S. The van der Waals surface area contributed by atoms with Gasteiger partial charge in [-0.05, 0) is 42.5 Å². The van der Waals surface area contributed by atoms with Crippen LogP contribution in [0.4, 0.5) is 5.69 Å². The Morgan fingerprint density at radius 1 is 0.968 bits per heavy atom. The van der Waals surface area contributed by atoms with Crippen molar-refractivity contribution in [2.45, 2.75) is 4.90 Å². The summed E-state index contributed by atoms with van der Waals surface area (Å²) < 4.78 is 39.2. The molecule has 7 nitrogen and oxygen atoms in total. The highest BCUT2D eigenvalue weighted by Crippen LogP contribution is 2.35. The van der Waals surface area contributed by atoms with Gasteiger partial charge >= 0.3 is 0 Å². The molecule has 0 fully saturated rings. The number of hydrogen-bond acceptors (Lipinski definition) is 5. The molecule has 3 aromatic carbocycles. The lowest BCUT2D eigenvalue weighted by Gasteiger charge is -2.16. The smallest absolute Gasteiger partial charge is 0.262 e. The molecule has 1 amide bonds.